The second-order valence-electron chi connectivity index (χ2n) is 2.92. The van der Waals surface area contributed by atoms with Crippen LogP contribution in [-0.2, 0) is 6.54 Å². The van der Waals surface area contributed by atoms with Gasteiger partial charge in [-0.1, -0.05) is 23.4 Å². The molecule has 4 nitrogen and oxygen atoms in total. The summed E-state index contributed by atoms with van der Waals surface area (Å²) in [5, 5.41) is 7.10. The van der Waals surface area contributed by atoms with Gasteiger partial charge in [-0.2, -0.15) is 5.10 Å². The third kappa shape index (κ3) is 1.69. The van der Waals surface area contributed by atoms with E-state index in [9.17, 15) is 0 Å². The number of rotatable bonds is 1. The van der Waals surface area contributed by atoms with Crippen LogP contribution in [0, 0.1) is 0 Å². The molecule has 2 heterocycles. The predicted octanol–water partition coefficient (Wildman–Crippen LogP) is 1.54. The van der Waals surface area contributed by atoms with Crippen LogP contribution in [0.1, 0.15) is 11.3 Å². The maximum Gasteiger partial charge on any atom is 0.187 e. The highest BCUT2D eigenvalue weighted by molar-refractivity contribution is 7.98. The van der Waals surface area contributed by atoms with Crippen LogP contribution in [0.25, 0.3) is 0 Å². The zero-order valence-electron chi connectivity index (χ0n) is 7.86. The van der Waals surface area contributed by atoms with Gasteiger partial charge in [-0.05, 0) is 6.26 Å². The molecule has 1 aliphatic rings. The summed E-state index contributed by atoms with van der Waals surface area (Å²) in [6, 6.07) is 0. The molecule has 1 aliphatic heterocycles. The van der Waals surface area contributed by atoms with Crippen LogP contribution in [0.4, 0.5) is 0 Å². The van der Waals surface area contributed by atoms with E-state index in [1.165, 1.54) is 11.8 Å². The summed E-state index contributed by atoms with van der Waals surface area (Å²) >= 11 is 7.48. The average Bonchev–Trinajstić information content (AvgIpc) is 2.16. The summed E-state index contributed by atoms with van der Waals surface area (Å²) in [6.45, 7) is 0.682. The minimum atomic E-state index is 0.460. The Hall–Kier alpha value is -0.810. The molecule has 0 unspecified atom stereocenters. The summed E-state index contributed by atoms with van der Waals surface area (Å²) in [5.74, 6) is 0. The Morgan fingerprint density at radius 3 is 3.07 bits per heavy atom. The van der Waals surface area contributed by atoms with Gasteiger partial charge in [-0.3, -0.25) is 5.01 Å². The third-order valence-corrected chi connectivity index (χ3v) is 2.73. The van der Waals surface area contributed by atoms with Crippen LogP contribution >= 0.6 is 23.4 Å². The first-order valence-corrected chi connectivity index (χ1v) is 5.66. The van der Waals surface area contributed by atoms with E-state index in [-0.39, 0.29) is 0 Å². The molecule has 0 bridgehead atoms. The second kappa shape index (κ2) is 3.74. The van der Waals surface area contributed by atoms with Gasteiger partial charge in [0.25, 0.3) is 0 Å². The molecule has 0 amide bonds. The highest BCUT2D eigenvalue weighted by Crippen LogP contribution is 2.19. The zero-order chi connectivity index (χ0) is 10.1. The molecular weight excluding hydrogens is 220 g/mol. The summed E-state index contributed by atoms with van der Waals surface area (Å²) in [7, 11) is 1.87. The Bertz CT molecular complexity index is 393. The molecule has 0 atom stereocenters. The van der Waals surface area contributed by atoms with Crippen molar-refractivity contribution in [1.82, 2.24) is 15.0 Å². The monoisotopic (exact) mass is 228 g/mol. The van der Waals surface area contributed by atoms with Crippen LogP contribution in [-0.4, -0.2) is 33.5 Å². The smallest absolute Gasteiger partial charge is 0.187 e. The lowest BCUT2D eigenvalue weighted by Gasteiger charge is -2.20. The number of hydrogen-bond donors (Lipinski definition) is 0. The van der Waals surface area contributed by atoms with Crippen molar-refractivity contribution in [3.8, 4) is 0 Å². The normalized spacial score (nSPS) is 15.1. The highest BCUT2D eigenvalue weighted by Gasteiger charge is 2.17. The average molecular weight is 229 g/mol. The number of fused-ring (bicyclic) bond motifs is 1. The highest BCUT2D eigenvalue weighted by atomic mass is 35.5. The first-order valence-electron chi connectivity index (χ1n) is 4.06. The topological polar surface area (TPSA) is 41.4 Å². The lowest BCUT2D eigenvalue weighted by atomic mass is 10.2. The molecule has 0 saturated carbocycles. The van der Waals surface area contributed by atoms with Gasteiger partial charge in [0.05, 0.1) is 17.8 Å². The van der Waals surface area contributed by atoms with Gasteiger partial charge in [0.15, 0.2) is 10.3 Å². The molecule has 1 aromatic rings. The maximum absolute atomic E-state index is 5.96. The summed E-state index contributed by atoms with van der Waals surface area (Å²) < 4.78 is 0. The Morgan fingerprint density at radius 1 is 1.57 bits per heavy atom. The Labute approximate surface area is 91.4 Å². The van der Waals surface area contributed by atoms with Crippen LogP contribution in [0.2, 0.25) is 0 Å². The summed E-state index contributed by atoms with van der Waals surface area (Å²) in [5.41, 5.74) is 1.77. The molecule has 0 aromatic carbocycles. The van der Waals surface area contributed by atoms with Crippen molar-refractivity contribution in [1.29, 1.82) is 0 Å². The van der Waals surface area contributed by atoms with Gasteiger partial charge in [0, 0.05) is 13.2 Å². The fraction of sp³-hybridized carbons (Fsp3) is 0.375. The lowest BCUT2D eigenvalue weighted by Crippen LogP contribution is -2.21. The SMILES string of the molecule is CSc1ncc2c(n1)CN(C)N=C2Cl. The van der Waals surface area contributed by atoms with E-state index < -0.39 is 0 Å². The largest absolute Gasteiger partial charge is 0.293 e. The number of aromatic nitrogens is 2. The minimum Gasteiger partial charge on any atom is -0.293 e. The van der Waals surface area contributed by atoms with Gasteiger partial charge in [-0.15, -0.1) is 0 Å². The van der Waals surface area contributed by atoms with Crippen molar-refractivity contribution in [2.75, 3.05) is 13.3 Å². The molecule has 0 N–H and O–H groups in total. The molecule has 0 spiro atoms. The van der Waals surface area contributed by atoms with Gasteiger partial charge in [-0.25, -0.2) is 9.97 Å². The number of hydrazone groups is 1. The molecule has 0 saturated heterocycles. The summed E-state index contributed by atoms with van der Waals surface area (Å²) in [6.07, 6.45) is 3.68. The number of hydrogen-bond acceptors (Lipinski definition) is 5. The molecular formula is C8H9ClN4S. The van der Waals surface area contributed by atoms with Crippen molar-refractivity contribution in [2.24, 2.45) is 5.10 Å². The number of nitrogens with zero attached hydrogens (tertiary/aromatic N) is 4. The van der Waals surface area contributed by atoms with Crippen LogP contribution in [0.3, 0.4) is 0 Å². The van der Waals surface area contributed by atoms with E-state index in [0.717, 1.165) is 16.4 Å². The molecule has 1 aromatic heterocycles. The van der Waals surface area contributed by atoms with Gasteiger partial charge >= 0.3 is 0 Å². The molecule has 14 heavy (non-hydrogen) atoms. The molecule has 2 rings (SSSR count). The Kier molecular flexibility index (Phi) is 2.60. The molecule has 0 radical (unpaired) electrons. The van der Waals surface area contributed by atoms with Crippen LogP contribution in [0.5, 0.6) is 0 Å². The fourth-order valence-corrected chi connectivity index (χ4v) is 1.89. The first kappa shape index (κ1) is 9.73. The van der Waals surface area contributed by atoms with E-state index in [0.29, 0.717) is 11.7 Å². The van der Waals surface area contributed by atoms with Crippen molar-refractivity contribution in [3.05, 3.63) is 17.5 Å². The Morgan fingerprint density at radius 2 is 2.36 bits per heavy atom. The van der Waals surface area contributed by atoms with E-state index in [1.54, 1.807) is 11.2 Å². The van der Waals surface area contributed by atoms with E-state index in [2.05, 4.69) is 15.1 Å². The van der Waals surface area contributed by atoms with Crippen molar-refractivity contribution in [2.45, 2.75) is 11.7 Å². The van der Waals surface area contributed by atoms with Crippen LogP contribution < -0.4 is 0 Å². The Balaban J connectivity index is 2.47. The van der Waals surface area contributed by atoms with Crippen LogP contribution in [0.15, 0.2) is 16.5 Å². The zero-order valence-corrected chi connectivity index (χ0v) is 9.43. The predicted molar refractivity (Wildman–Crippen MR) is 57.7 cm³/mol. The van der Waals surface area contributed by atoms with Gasteiger partial charge in [0.2, 0.25) is 0 Å². The lowest BCUT2D eigenvalue weighted by molar-refractivity contribution is 0.335. The van der Waals surface area contributed by atoms with E-state index in [1.807, 2.05) is 13.3 Å². The fourth-order valence-electron chi connectivity index (χ4n) is 1.25. The second-order valence-corrected chi connectivity index (χ2v) is 4.06. The quantitative estimate of drug-likeness (QED) is 0.540. The third-order valence-electron chi connectivity index (χ3n) is 1.89. The molecule has 0 aliphatic carbocycles. The first-order chi connectivity index (χ1) is 6.70. The standard InChI is InChI=1S/C8H9ClN4S/c1-13-4-6-5(7(9)12-13)3-10-8(11-6)14-2/h3H,4H2,1-2H3. The van der Waals surface area contributed by atoms with Gasteiger partial charge in [0.1, 0.15) is 0 Å². The van der Waals surface area contributed by atoms with E-state index in [4.69, 9.17) is 11.6 Å². The van der Waals surface area contributed by atoms with Gasteiger partial charge < -0.3 is 0 Å². The molecule has 74 valence electrons. The minimum absolute atomic E-state index is 0.460. The van der Waals surface area contributed by atoms with Crippen molar-refractivity contribution >= 4 is 28.5 Å². The van der Waals surface area contributed by atoms with E-state index >= 15 is 0 Å². The maximum atomic E-state index is 5.96. The summed E-state index contributed by atoms with van der Waals surface area (Å²) in [4.78, 5) is 8.53. The number of thioether (sulfide) groups is 1. The molecule has 0 fully saturated rings. The number of halogens is 1. The van der Waals surface area contributed by atoms with Crippen molar-refractivity contribution in [3.63, 3.8) is 0 Å². The molecule has 6 heteroatoms. The van der Waals surface area contributed by atoms with Crippen molar-refractivity contribution < 1.29 is 0 Å².